The van der Waals surface area contributed by atoms with Crippen molar-refractivity contribution in [2.45, 2.75) is 32.3 Å². The van der Waals surface area contributed by atoms with E-state index in [9.17, 15) is 9.59 Å². The predicted molar refractivity (Wildman–Crippen MR) is 105 cm³/mol. The summed E-state index contributed by atoms with van der Waals surface area (Å²) >= 11 is 7.60. The summed E-state index contributed by atoms with van der Waals surface area (Å²) in [5, 5.41) is 0.189. The molecule has 0 amide bonds. The average Bonchev–Trinajstić information content (AvgIpc) is 3.02. The molecule has 0 fully saturated rings. The van der Waals surface area contributed by atoms with Gasteiger partial charge in [-0.15, -0.1) is 11.8 Å². The highest BCUT2D eigenvalue weighted by atomic mass is 35.5. The van der Waals surface area contributed by atoms with Gasteiger partial charge in [0.15, 0.2) is 11.5 Å². The van der Waals surface area contributed by atoms with Crippen LogP contribution in [0.2, 0.25) is 5.02 Å². The fraction of sp³-hybridized carbons (Fsp3) is 0.474. The minimum Gasteiger partial charge on any atom is -0.496 e. The standard InChI is InChI=1S/C19H23ClO6S/c1-6-11(23-2)7-10(21)8-14(27-5)18-17(22)15-12(24-3)9-13(25-4)16(20)19(15)26-18/h9,11H,6-8H2,1-5H3/b18-14+. The molecular weight excluding hydrogens is 392 g/mol. The second-order valence-corrected chi connectivity index (χ2v) is 7.15. The van der Waals surface area contributed by atoms with E-state index in [4.69, 9.17) is 30.5 Å². The van der Waals surface area contributed by atoms with Crippen LogP contribution < -0.4 is 14.2 Å². The number of Topliss-reactive ketones (excluding diaryl/α,β-unsaturated/α-hetero) is 2. The highest BCUT2D eigenvalue weighted by Crippen LogP contribution is 2.49. The molecule has 1 heterocycles. The monoisotopic (exact) mass is 414 g/mol. The molecule has 0 saturated heterocycles. The van der Waals surface area contributed by atoms with Crippen LogP contribution in [0.4, 0.5) is 0 Å². The van der Waals surface area contributed by atoms with Gasteiger partial charge in [-0.1, -0.05) is 18.5 Å². The van der Waals surface area contributed by atoms with Crippen LogP contribution in [-0.2, 0) is 9.53 Å². The molecule has 0 spiro atoms. The molecule has 1 aliphatic rings. The normalized spacial score (nSPS) is 15.9. The smallest absolute Gasteiger partial charge is 0.236 e. The molecule has 0 radical (unpaired) electrons. The Morgan fingerprint density at radius 2 is 1.93 bits per heavy atom. The van der Waals surface area contributed by atoms with Crippen LogP contribution in [-0.4, -0.2) is 45.3 Å². The first kappa shape index (κ1) is 21.6. The summed E-state index contributed by atoms with van der Waals surface area (Å²) < 4.78 is 21.6. The zero-order valence-corrected chi connectivity index (χ0v) is 17.6. The van der Waals surface area contributed by atoms with E-state index in [2.05, 4.69) is 0 Å². The number of hydrogen-bond donors (Lipinski definition) is 0. The van der Waals surface area contributed by atoms with Crippen LogP contribution in [0.1, 0.15) is 36.5 Å². The first-order valence-corrected chi connectivity index (χ1v) is 10.0. The lowest BCUT2D eigenvalue weighted by atomic mass is 10.1. The van der Waals surface area contributed by atoms with Gasteiger partial charge in [-0.25, -0.2) is 0 Å². The van der Waals surface area contributed by atoms with Crippen molar-refractivity contribution in [3.8, 4) is 17.2 Å². The molecule has 2 rings (SSSR count). The SMILES string of the molecule is CCC(CC(=O)C/C(SC)=C1\Oc2c(Cl)c(OC)cc(OC)c2C1=O)OC. The Hall–Kier alpha value is -1.70. The third-order valence-electron chi connectivity index (χ3n) is 4.33. The molecule has 8 heteroatoms. The Kier molecular flexibility index (Phi) is 7.59. The molecule has 1 aliphatic heterocycles. The molecule has 0 N–H and O–H groups in total. The fourth-order valence-electron chi connectivity index (χ4n) is 2.80. The third-order valence-corrected chi connectivity index (χ3v) is 5.51. The van der Waals surface area contributed by atoms with Gasteiger partial charge in [-0.05, 0) is 12.7 Å². The number of thioether (sulfide) groups is 1. The summed E-state index contributed by atoms with van der Waals surface area (Å²) in [4.78, 5) is 25.9. The zero-order valence-electron chi connectivity index (χ0n) is 16.0. The van der Waals surface area contributed by atoms with Crippen molar-refractivity contribution in [2.24, 2.45) is 0 Å². The van der Waals surface area contributed by atoms with E-state index < -0.39 is 0 Å². The van der Waals surface area contributed by atoms with Crippen molar-refractivity contribution >= 4 is 34.9 Å². The molecule has 0 saturated carbocycles. The summed E-state index contributed by atoms with van der Waals surface area (Å²) in [5.41, 5.74) is 0.237. The summed E-state index contributed by atoms with van der Waals surface area (Å²) in [6, 6.07) is 1.54. The average molecular weight is 415 g/mol. The van der Waals surface area contributed by atoms with Gasteiger partial charge in [-0.2, -0.15) is 0 Å². The number of ether oxygens (including phenoxy) is 4. The van der Waals surface area contributed by atoms with Gasteiger partial charge in [0.25, 0.3) is 0 Å². The van der Waals surface area contributed by atoms with Crippen LogP contribution in [0, 0.1) is 0 Å². The number of hydrogen-bond acceptors (Lipinski definition) is 7. The number of fused-ring (bicyclic) bond motifs is 1. The third kappa shape index (κ3) is 4.42. The van der Waals surface area contributed by atoms with E-state index >= 15 is 0 Å². The molecule has 148 valence electrons. The van der Waals surface area contributed by atoms with Gasteiger partial charge in [0.05, 0.1) is 20.3 Å². The Balaban J connectivity index is 2.38. The number of carbonyl (C=O) groups excluding carboxylic acids is 2. The molecule has 1 aromatic carbocycles. The maximum absolute atomic E-state index is 12.9. The predicted octanol–water partition coefficient (Wildman–Crippen LogP) is 4.28. The first-order chi connectivity index (χ1) is 12.9. The Bertz CT molecular complexity index is 770. The number of carbonyl (C=O) groups is 2. The number of rotatable bonds is 9. The van der Waals surface area contributed by atoms with E-state index in [1.165, 1.54) is 26.0 Å². The van der Waals surface area contributed by atoms with Crippen molar-refractivity contribution in [1.82, 2.24) is 0 Å². The molecular formula is C19H23ClO6S. The summed E-state index contributed by atoms with van der Waals surface area (Å²) in [7, 11) is 4.50. The lowest BCUT2D eigenvalue weighted by molar-refractivity contribution is -0.120. The van der Waals surface area contributed by atoms with E-state index in [1.807, 2.05) is 6.92 Å². The van der Waals surface area contributed by atoms with Crippen LogP contribution in [0.25, 0.3) is 0 Å². The van der Waals surface area contributed by atoms with Gasteiger partial charge >= 0.3 is 0 Å². The van der Waals surface area contributed by atoms with Crippen LogP contribution in [0.3, 0.4) is 0 Å². The summed E-state index contributed by atoms with van der Waals surface area (Å²) in [6.45, 7) is 1.96. The van der Waals surface area contributed by atoms with Crippen molar-refractivity contribution in [1.29, 1.82) is 0 Å². The van der Waals surface area contributed by atoms with Crippen molar-refractivity contribution in [3.05, 3.63) is 27.3 Å². The largest absolute Gasteiger partial charge is 0.496 e. The molecule has 1 atom stereocenters. The highest BCUT2D eigenvalue weighted by molar-refractivity contribution is 8.02. The van der Waals surface area contributed by atoms with E-state index in [1.54, 1.807) is 19.4 Å². The Morgan fingerprint density at radius 3 is 2.44 bits per heavy atom. The van der Waals surface area contributed by atoms with E-state index in [-0.39, 0.29) is 52.6 Å². The number of benzene rings is 1. The van der Waals surface area contributed by atoms with Crippen molar-refractivity contribution in [2.75, 3.05) is 27.6 Å². The molecule has 0 bridgehead atoms. The highest BCUT2D eigenvalue weighted by Gasteiger charge is 2.37. The Morgan fingerprint density at radius 1 is 1.26 bits per heavy atom. The van der Waals surface area contributed by atoms with Gasteiger partial charge in [0, 0.05) is 30.9 Å². The molecule has 1 unspecified atom stereocenters. The number of methoxy groups -OCH3 is 3. The topological polar surface area (TPSA) is 71.1 Å². The lowest BCUT2D eigenvalue weighted by Gasteiger charge is -2.13. The fourth-order valence-corrected chi connectivity index (χ4v) is 3.69. The molecule has 0 aliphatic carbocycles. The van der Waals surface area contributed by atoms with Gasteiger partial charge < -0.3 is 18.9 Å². The van der Waals surface area contributed by atoms with Gasteiger partial charge in [-0.3, -0.25) is 9.59 Å². The minimum absolute atomic E-state index is 0.0245. The number of allylic oxidation sites excluding steroid dienone is 2. The number of halogens is 1. The maximum atomic E-state index is 12.9. The van der Waals surface area contributed by atoms with E-state index in [0.29, 0.717) is 16.4 Å². The summed E-state index contributed by atoms with van der Waals surface area (Å²) in [5.74, 6) is 0.559. The number of ketones is 2. The lowest BCUT2D eigenvalue weighted by Crippen LogP contribution is -2.16. The zero-order chi connectivity index (χ0) is 20.1. The van der Waals surface area contributed by atoms with Crippen LogP contribution in [0.15, 0.2) is 16.7 Å². The molecule has 1 aromatic rings. The van der Waals surface area contributed by atoms with E-state index in [0.717, 1.165) is 6.42 Å². The molecule has 0 aromatic heterocycles. The minimum atomic E-state index is -0.359. The summed E-state index contributed by atoms with van der Waals surface area (Å²) in [6.07, 6.45) is 2.77. The maximum Gasteiger partial charge on any atom is 0.236 e. The van der Waals surface area contributed by atoms with Crippen molar-refractivity contribution < 1.29 is 28.5 Å². The quantitative estimate of drug-likeness (QED) is 0.558. The second-order valence-electron chi connectivity index (χ2n) is 5.87. The van der Waals surface area contributed by atoms with Gasteiger partial charge in [0.1, 0.15) is 27.9 Å². The first-order valence-electron chi connectivity index (χ1n) is 8.40. The van der Waals surface area contributed by atoms with Crippen molar-refractivity contribution in [3.63, 3.8) is 0 Å². The van der Waals surface area contributed by atoms with Gasteiger partial charge in [0.2, 0.25) is 5.78 Å². The second kappa shape index (κ2) is 9.48. The Labute approximate surface area is 168 Å². The molecule has 6 nitrogen and oxygen atoms in total. The molecule has 27 heavy (non-hydrogen) atoms. The van der Waals surface area contributed by atoms with Crippen LogP contribution in [0.5, 0.6) is 17.2 Å². The van der Waals surface area contributed by atoms with Crippen LogP contribution >= 0.6 is 23.4 Å².